The number of halogens is 1. The summed E-state index contributed by atoms with van der Waals surface area (Å²) in [6.07, 6.45) is -0.886. The molecule has 23 heavy (non-hydrogen) atoms. The minimum atomic E-state index is -3.79. The average molecular weight is 359 g/mol. The van der Waals surface area contributed by atoms with Crippen LogP contribution in [0.2, 0.25) is 5.15 Å². The Morgan fingerprint density at radius 1 is 1.13 bits per heavy atom. The van der Waals surface area contributed by atoms with Crippen LogP contribution in [0.3, 0.4) is 0 Å². The average Bonchev–Trinajstić information content (AvgIpc) is 2.55. The molecule has 10 heteroatoms. The van der Waals surface area contributed by atoms with Gasteiger partial charge in [0.1, 0.15) is 0 Å². The lowest BCUT2D eigenvalue weighted by atomic mass is 10.3. The van der Waals surface area contributed by atoms with Crippen LogP contribution in [0.4, 0.5) is 11.5 Å². The fraction of sp³-hybridized carbons (Fsp3) is 0.231. The van der Waals surface area contributed by atoms with Crippen molar-refractivity contribution in [1.29, 1.82) is 0 Å². The number of aliphatic hydroxyl groups is 2. The number of rotatable bonds is 7. The molecular formula is C13H15ClN4O4S. The van der Waals surface area contributed by atoms with Crippen LogP contribution in [0, 0.1) is 0 Å². The lowest BCUT2D eigenvalue weighted by molar-refractivity contribution is 0.105. The highest BCUT2D eigenvalue weighted by Gasteiger charge is 2.15. The number of aliphatic hydroxyl groups excluding tert-OH is 2. The van der Waals surface area contributed by atoms with E-state index in [0.717, 1.165) is 0 Å². The molecule has 1 aromatic carbocycles. The molecule has 124 valence electrons. The van der Waals surface area contributed by atoms with Gasteiger partial charge in [-0.2, -0.15) is 0 Å². The minimum Gasteiger partial charge on any atom is -0.394 e. The smallest absolute Gasteiger partial charge is 0.263 e. The van der Waals surface area contributed by atoms with Crippen molar-refractivity contribution in [3.8, 4) is 0 Å². The van der Waals surface area contributed by atoms with Crippen LogP contribution in [-0.4, -0.2) is 48.1 Å². The van der Waals surface area contributed by atoms with Crippen molar-refractivity contribution in [2.45, 2.75) is 11.0 Å². The third-order valence-electron chi connectivity index (χ3n) is 2.79. The molecule has 0 bridgehead atoms. The van der Waals surface area contributed by atoms with Crippen LogP contribution < -0.4 is 10.0 Å². The van der Waals surface area contributed by atoms with Gasteiger partial charge in [0.25, 0.3) is 10.0 Å². The van der Waals surface area contributed by atoms with E-state index in [4.69, 9.17) is 16.7 Å². The molecule has 0 spiro atoms. The van der Waals surface area contributed by atoms with E-state index in [2.05, 4.69) is 20.2 Å². The summed E-state index contributed by atoms with van der Waals surface area (Å²) >= 11 is 5.59. The van der Waals surface area contributed by atoms with E-state index in [-0.39, 0.29) is 29.0 Å². The molecule has 1 unspecified atom stereocenters. The van der Waals surface area contributed by atoms with Gasteiger partial charge in [0, 0.05) is 12.2 Å². The van der Waals surface area contributed by atoms with Crippen molar-refractivity contribution >= 4 is 33.1 Å². The molecule has 0 amide bonds. The number of hydrogen-bond donors (Lipinski definition) is 4. The van der Waals surface area contributed by atoms with Crippen molar-refractivity contribution < 1.29 is 18.6 Å². The Labute approximate surface area is 138 Å². The monoisotopic (exact) mass is 358 g/mol. The first-order chi connectivity index (χ1) is 10.9. The number of sulfonamides is 1. The zero-order valence-corrected chi connectivity index (χ0v) is 13.4. The van der Waals surface area contributed by atoms with Gasteiger partial charge >= 0.3 is 0 Å². The standard InChI is InChI=1S/C13H15ClN4O4S/c14-12-5-6-13(17-16-12)18-23(21,22)11-3-1-9(2-4-11)15-7-10(20)8-19/h1-6,10,15,19-20H,7-8H2,(H,17,18). The molecule has 0 saturated heterocycles. The molecule has 8 nitrogen and oxygen atoms in total. The summed E-state index contributed by atoms with van der Waals surface area (Å²) in [6.45, 7) is -0.202. The molecule has 4 N–H and O–H groups in total. The van der Waals surface area contributed by atoms with Crippen LogP contribution in [0.1, 0.15) is 0 Å². The van der Waals surface area contributed by atoms with E-state index in [1.807, 2.05) is 0 Å². The molecule has 0 radical (unpaired) electrons. The zero-order chi connectivity index (χ0) is 16.9. The summed E-state index contributed by atoms with van der Waals surface area (Å²) in [5.41, 5.74) is 0.614. The van der Waals surface area contributed by atoms with Gasteiger partial charge in [-0.25, -0.2) is 8.42 Å². The third kappa shape index (κ3) is 5.03. The fourth-order valence-corrected chi connectivity index (χ4v) is 2.72. The second kappa shape index (κ2) is 7.55. The maximum atomic E-state index is 12.2. The number of benzene rings is 1. The van der Waals surface area contributed by atoms with Gasteiger partial charge in [0.2, 0.25) is 0 Å². The molecule has 0 saturated carbocycles. The Bertz CT molecular complexity index is 738. The highest BCUT2D eigenvalue weighted by atomic mass is 35.5. The predicted octanol–water partition coefficient (Wildman–Crippen LogP) is 0.696. The van der Waals surface area contributed by atoms with Crippen LogP contribution >= 0.6 is 11.6 Å². The normalized spacial score (nSPS) is 12.7. The van der Waals surface area contributed by atoms with Crippen molar-refractivity contribution in [2.75, 3.05) is 23.2 Å². The van der Waals surface area contributed by atoms with E-state index in [0.29, 0.717) is 5.69 Å². The largest absolute Gasteiger partial charge is 0.394 e. The molecule has 0 aliphatic carbocycles. The van der Waals surface area contributed by atoms with E-state index in [9.17, 15) is 13.5 Å². The maximum absolute atomic E-state index is 12.2. The first-order valence-electron chi connectivity index (χ1n) is 6.55. The number of anilines is 2. The van der Waals surface area contributed by atoms with Gasteiger partial charge < -0.3 is 15.5 Å². The quantitative estimate of drug-likeness (QED) is 0.574. The lowest BCUT2D eigenvalue weighted by Crippen LogP contribution is -2.22. The predicted molar refractivity (Wildman–Crippen MR) is 85.9 cm³/mol. The van der Waals surface area contributed by atoms with E-state index in [1.165, 1.54) is 24.3 Å². The molecule has 2 rings (SSSR count). The SMILES string of the molecule is O=S(=O)(Nc1ccc(Cl)nn1)c1ccc(NCC(O)CO)cc1. The summed E-state index contributed by atoms with van der Waals surface area (Å²) in [5.74, 6) is 0.0580. The van der Waals surface area contributed by atoms with Crippen LogP contribution in [0.5, 0.6) is 0 Å². The Balaban J connectivity index is 2.06. The second-order valence-electron chi connectivity index (χ2n) is 4.59. The molecule has 0 aliphatic heterocycles. The Morgan fingerprint density at radius 3 is 2.39 bits per heavy atom. The van der Waals surface area contributed by atoms with Gasteiger partial charge in [-0.15, -0.1) is 10.2 Å². The first kappa shape index (κ1) is 17.4. The van der Waals surface area contributed by atoms with Crippen molar-refractivity contribution in [3.63, 3.8) is 0 Å². The Hall–Kier alpha value is -1.94. The summed E-state index contributed by atoms with van der Waals surface area (Å²) < 4.78 is 26.7. The lowest BCUT2D eigenvalue weighted by Gasteiger charge is -2.11. The Morgan fingerprint density at radius 2 is 1.83 bits per heavy atom. The van der Waals surface area contributed by atoms with Crippen molar-refractivity contribution in [1.82, 2.24) is 10.2 Å². The van der Waals surface area contributed by atoms with Gasteiger partial charge in [0.05, 0.1) is 17.6 Å². The van der Waals surface area contributed by atoms with Gasteiger partial charge in [-0.3, -0.25) is 4.72 Å². The molecule has 2 aromatic rings. The second-order valence-corrected chi connectivity index (χ2v) is 6.66. The maximum Gasteiger partial charge on any atom is 0.263 e. The zero-order valence-electron chi connectivity index (χ0n) is 11.8. The summed E-state index contributed by atoms with van der Waals surface area (Å²) in [6, 6.07) is 8.72. The first-order valence-corrected chi connectivity index (χ1v) is 8.42. The van der Waals surface area contributed by atoms with E-state index >= 15 is 0 Å². The number of nitrogens with zero attached hydrogens (tertiary/aromatic N) is 2. The number of hydrogen-bond acceptors (Lipinski definition) is 7. The summed E-state index contributed by atoms with van der Waals surface area (Å²) in [5, 5.41) is 28.2. The summed E-state index contributed by atoms with van der Waals surface area (Å²) in [4.78, 5) is 0.0440. The molecule has 0 fully saturated rings. The van der Waals surface area contributed by atoms with E-state index in [1.54, 1.807) is 12.1 Å². The van der Waals surface area contributed by atoms with Crippen LogP contribution in [0.25, 0.3) is 0 Å². The highest BCUT2D eigenvalue weighted by molar-refractivity contribution is 7.92. The highest BCUT2D eigenvalue weighted by Crippen LogP contribution is 2.17. The minimum absolute atomic E-state index is 0.0440. The Kier molecular flexibility index (Phi) is 5.72. The number of nitrogens with one attached hydrogen (secondary N) is 2. The molecular weight excluding hydrogens is 344 g/mol. The van der Waals surface area contributed by atoms with Crippen LogP contribution in [-0.2, 0) is 10.0 Å². The van der Waals surface area contributed by atoms with Crippen molar-refractivity contribution in [3.05, 3.63) is 41.6 Å². The molecule has 1 aromatic heterocycles. The number of aromatic nitrogens is 2. The molecule has 1 atom stereocenters. The third-order valence-corrected chi connectivity index (χ3v) is 4.36. The van der Waals surface area contributed by atoms with E-state index < -0.39 is 16.1 Å². The van der Waals surface area contributed by atoms with Crippen molar-refractivity contribution in [2.24, 2.45) is 0 Å². The molecule has 1 heterocycles. The van der Waals surface area contributed by atoms with Gasteiger partial charge in [-0.1, -0.05) is 11.6 Å². The summed E-state index contributed by atoms with van der Waals surface area (Å²) in [7, 11) is -3.79. The fourth-order valence-electron chi connectivity index (χ4n) is 1.62. The molecule has 0 aliphatic rings. The van der Waals surface area contributed by atoms with Crippen LogP contribution in [0.15, 0.2) is 41.3 Å². The van der Waals surface area contributed by atoms with Gasteiger partial charge in [0.15, 0.2) is 11.0 Å². The topological polar surface area (TPSA) is 124 Å². The van der Waals surface area contributed by atoms with Gasteiger partial charge in [-0.05, 0) is 36.4 Å².